The number of allylic oxidation sites excluding steroid dienone is 1. The molecule has 1 aromatic heterocycles. The highest BCUT2D eigenvalue weighted by atomic mass is 32.1. The molecule has 1 rings (SSSR count). The first-order valence-electron chi connectivity index (χ1n) is 3.43. The normalized spacial score (nSPS) is 10.7. The van der Waals surface area contributed by atoms with Crippen molar-refractivity contribution in [3.8, 4) is 0 Å². The number of ketones is 1. The highest BCUT2D eigenvalue weighted by Gasteiger charge is 1.93. The van der Waals surface area contributed by atoms with E-state index in [1.165, 1.54) is 10.4 Å². The molecule has 0 saturated heterocycles. The summed E-state index contributed by atoms with van der Waals surface area (Å²) in [6.07, 6.45) is 3.46. The Labute approximate surface area is 70.4 Å². The number of hydrogen-bond acceptors (Lipinski definition) is 2. The van der Waals surface area contributed by atoms with Gasteiger partial charge in [0.25, 0.3) is 0 Å². The zero-order chi connectivity index (χ0) is 8.27. The van der Waals surface area contributed by atoms with Gasteiger partial charge >= 0.3 is 0 Å². The molecule has 58 valence electrons. The zero-order valence-corrected chi connectivity index (χ0v) is 7.44. The van der Waals surface area contributed by atoms with Crippen LogP contribution in [0.3, 0.4) is 0 Å². The molecule has 0 unspecified atom stereocenters. The van der Waals surface area contributed by atoms with E-state index in [9.17, 15) is 4.79 Å². The highest BCUT2D eigenvalue weighted by molar-refractivity contribution is 7.11. The second-order valence-corrected chi connectivity index (χ2v) is 3.36. The Balaban J connectivity index is 2.79. The van der Waals surface area contributed by atoms with Crippen molar-refractivity contribution < 1.29 is 4.79 Å². The first kappa shape index (κ1) is 8.21. The van der Waals surface area contributed by atoms with Crippen molar-refractivity contribution >= 4 is 23.2 Å². The molecule has 0 radical (unpaired) electrons. The summed E-state index contributed by atoms with van der Waals surface area (Å²) < 4.78 is 0. The van der Waals surface area contributed by atoms with Gasteiger partial charge in [-0.15, -0.1) is 11.3 Å². The SMILES string of the molecule is CC(=O)/C=C/c1sccc1C. The number of thiophene rings is 1. The zero-order valence-electron chi connectivity index (χ0n) is 6.63. The van der Waals surface area contributed by atoms with Gasteiger partial charge in [-0.1, -0.05) is 0 Å². The van der Waals surface area contributed by atoms with Gasteiger partial charge in [-0.3, -0.25) is 4.79 Å². The van der Waals surface area contributed by atoms with Gasteiger partial charge < -0.3 is 0 Å². The molecule has 0 amide bonds. The Kier molecular flexibility index (Phi) is 2.60. The fourth-order valence-electron chi connectivity index (χ4n) is 0.748. The quantitative estimate of drug-likeness (QED) is 0.617. The van der Waals surface area contributed by atoms with E-state index in [1.807, 2.05) is 24.4 Å². The highest BCUT2D eigenvalue weighted by Crippen LogP contribution is 2.16. The summed E-state index contributed by atoms with van der Waals surface area (Å²) in [5.41, 5.74) is 1.23. The van der Waals surface area contributed by atoms with Crippen LogP contribution in [0.15, 0.2) is 17.5 Å². The molecule has 1 nitrogen and oxygen atoms in total. The predicted molar refractivity (Wildman–Crippen MR) is 48.8 cm³/mol. The van der Waals surface area contributed by atoms with Crippen LogP contribution in [-0.4, -0.2) is 5.78 Å². The third-order valence-electron chi connectivity index (χ3n) is 1.37. The Morgan fingerprint density at radius 3 is 2.82 bits per heavy atom. The molecule has 0 aliphatic carbocycles. The minimum Gasteiger partial charge on any atom is -0.295 e. The molecular formula is C9H10OS. The molecule has 0 aromatic carbocycles. The van der Waals surface area contributed by atoms with E-state index in [-0.39, 0.29) is 5.78 Å². The molecule has 0 N–H and O–H groups in total. The van der Waals surface area contributed by atoms with Crippen LogP contribution in [0.25, 0.3) is 6.08 Å². The van der Waals surface area contributed by atoms with E-state index < -0.39 is 0 Å². The Morgan fingerprint density at radius 2 is 2.36 bits per heavy atom. The summed E-state index contributed by atoms with van der Waals surface area (Å²) >= 11 is 1.65. The third kappa shape index (κ3) is 2.31. The van der Waals surface area contributed by atoms with Crippen molar-refractivity contribution in [2.24, 2.45) is 0 Å². The van der Waals surface area contributed by atoms with E-state index in [2.05, 4.69) is 0 Å². The molecule has 1 aromatic rings. The van der Waals surface area contributed by atoms with E-state index >= 15 is 0 Å². The molecule has 0 aliphatic heterocycles. The van der Waals surface area contributed by atoms with Crippen LogP contribution in [0, 0.1) is 6.92 Å². The van der Waals surface area contributed by atoms with Crippen LogP contribution in [0.4, 0.5) is 0 Å². The smallest absolute Gasteiger partial charge is 0.152 e. The largest absolute Gasteiger partial charge is 0.295 e. The number of aryl methyl sites for hydroxylation is 1. The Morgan fingerprint density at radius 1 is 1.64 bits per heavy atom. The number of carbonyl (C=O) groups is 1. The minimum atomic E-state index is 0.0952. The van der Waals surface area contributed by atoms with Crippen molar-refractivity contribution in [1.82, 2.24) is 0 Å². The Hall–Kier alpha value is -0.890. The molecule has 0 spiro atoms. The summed E-state index contributed by atoms with van der Waals surface area (Å²) in [6, 6.07) is 2.05. The van der Waals surface area contributed by atoms with Crippen molar-refractivity contribution in [3.63, 3.8) is 0 Å². The summed E-state index contributed by atoms with van der Waals surface area (Å²) in [7, 11) is 0. The van der Waals surface area contributed by atoms with Gasteiger partial charge in [0.1, 0.15) is 0 Å². The topological polar surface area (TPSA) is 17.1 Å². The van der Waals surface area contributed by atoms with Gasteiger partial charge in [0.05, 0.1) is 0 Å². The molecule has 0 saturated carbocycles. The van der Waals surface area contributed by atoms with E-state index in [0.717, 1.165) is 0 Å². The van der Waals surface area contributed by atoms with Gasteiger partial charge in [-0.25, -0.2) is 0 Å². The summed E-state index contributed by atoms with van der Waals surface area (Å²) in [6.45, 7) is 3.59. The summed E-state index contributed by atoms with van der Waals surface area (Å²) in [5.74, 6) is 0.0952. The first-order chi connectivity index (χ1) is 5.20. The molecule has 2 heteroatoms. The van der Waals surface area contributed by atoms with E-state index in [4.69, 9.17) is 0 Å². The number of hydrogen-bond donors (Lipinski definition) is 0. The van der Waals surface area contributed by atoms with E-state index in [1.54, 1.807) is 24.3 Å². The molecule has 0 atom stereocenters. The number of rotatable bonds is 2. The average molecular weight is 166 g/mol. The lowest BCUT2D eigenvalue weighted by atomic mass is 10.2. The van der Waals surface area contributed by atoms with Crippen LogP contribution >= 0.6 is 11.3 Å². The van der Waals surface area contributed by atoms with Crippen molar-refractivity contribution in [2.75, 3.05) is 0 Å². The fraction of sp³-hybridized carbons (Fsp3) is 0.222. The number of carbonyl (C=O) groups excluding carboxylic acids is 1. The lowest BCUT2D eigenvalue weighted by Gasteiger charge is -1.86. The van der Waals surface area contributed by atoms with Gasteiger partial charge in [0, 0.05) is 4.88 Å². The predicted octanol–water partition coefficient (Wildman–Crippen LogP) is 2.66. The van der Waals surface area contributed by atoms with Crippen LogP contribution in [-0.2, 0) is 4.79 Å². The van der Waals surface area contributed by atoms with Gasteiger partial charge in [0.2, 0.25) is 0 Å². The summed E-state index contributed by atoms with van der Waals surface area (Å²) in [5, 5.41) is 2.02. The van der Waals surface area contributed by atoms with Crippen LogP contribution < -0.4 is 0 Å². The maximum Gasteiger partial charge on any atom is 0.152 e. The van der Waals surface area contributed by atoms with E-state index in [0.29, 0.717) is 0 Å². The van der Waals surface area contributed by atoms with Crippen LogP contribution in [0.1, 0.15) is 17.4 Å². The van der Waals surface area contributed by atoms with Crippen molar-refractivity contribution in [3.05, 3.63) is 28.0 Å². The fourth-order valence-corrected chi connectivity index (χ4v) is 1.57. The standard InChI is InChI=1S/C9H10OS/c1-7-5-6-11-9(7)4-3-8(2)10/h3-6H,1-2H3/b4-3+. The molecule has 11 heavy (non-hydrogen) atoms. The van der Waals surface area contributed by atoms with Gasteiger partial charge in [0.15, 0.2) is 5.78 Å². The molecule has 0 bridgehead atoms. The minimum absolute atomic E-state index is 0.0952. The second-order valence-electron chi connectivity index (χ2n) is 2.41. The Bertz CT molecular complexity index is 284. The van der Waals surface area contributed by atoms with Crippen LogP contribution in [0.2, 0.25) is 0 Å². The van der Waals surface area contributed by atoms with Gasteiger partial charge in [-0.05, 0) is 43.0 Å². The maximum absolute atomic E-state index is 10.6. The lowest BCUT2D eigenvalue weighted by molar-refractivity contribution is -0.112. The lowest BCUT2D eigenvalue weighted by Crippen LogP contribution is -1.78. The first-order valence-corrected chi connectivity index (χ1v) is 4.31. The molecule has 1 heterocycles. The molecular weight excluding hydrogens is 156 g/mol. The monoisotopic (exact) mass is 166 g/mol. The van der Waals surface area contributed by atoms with Crippen LogP contribution in [0.5, 0.6) is 0 Å². The van der Waals surface area contributed by atoms with Crippen molar-refractivity contribution in [1.29, 1.82) is 0 Å². The van der Waals surface area contributed by atoms with Gasteiger partial charge in [-0.2, -0.15) is 0 Å². The molecule has 0 aliphatic rings. The average Bonchev–Trinajstić information content (AvgIpc) is 2.31. The maximum atomic E-state index is 10.6. The third-order valence-corrected chi connectivity index (χ3v) is 2.36. The second kappa shape index (κ2) is 3.49. The molecule has 0 fully saturated rings. The van der Waals surface area contributed by atoms with Crippen molar-refractivity contribution in [2.45, 2.75) is 13.8 Å². The summed E-state index contributed by atoms with van der Waals surface area (Å²) in [4.78, 5) is 11.7.